The summed E-state index contributed by atoms with van der Waals surface area (Å²) in [7, 11) is 0. The maximum atomic E-state index is 11.2. The zero-order chi connectivity index (χ0) is 13.8. The standard InChI is InChI=1S/C15H21N3O/c1-4-18(5-2)13-8-6-12(7-9-13)15-11(3)10-14(19)16-17-15/h6-9,11H,4-5,10H2,1-3H3,(H,16,19). The summed E-state index contributed by atoms with van der Waals surface area (Å²) >= 11 is 0. The molecule has 0 spiro atoms. The molecule has 1 aliphatic rings. The van der Waals surface area contributed by atoms with Crippen molar-refractivity contribution in [2.24, 2.45) is 11.0 Å². The second-order valence-corrected chi connectivity index (χ2v) is 4.86. The van der Waals surface area contributed by atoms with Crippen LogP contribution in [-0.4, -0.2) is 24.7 Å². The second kappa shape index (κ2) is 5.87. The molecule has 0 radical (unpaired) electrons. The Bertz CT molecular complexity index is 475. The average Bonchev–Trinajstić information content (AvgIpc) is 2.41. The number of anilines is 1. The quantitative estimate of drug-likeness (QED) is 0.902. The van der Waals surface area contributed by atoms with Crippen molar-refractivity contribution >= 4 is 17.3 Å². The van der Waals surface area contributed by atoms with E-state index >= 15 is 0 Å². The summed E-state index contributed by atoms with van der Waals surface area (Å²) in [4.78, 5) is 13.5. The molecule has 1 aromatic carbocycles. The van der Waals surface area contributed by atoms with Crippen LogP contribution < -0.4 is 10.3 Å². The van der Waals surface area contributed by atoms with Crippen molar-refractivity contribution in [2.75, 3.05) is 18.0 Å². The van der Waals surface area contributed by atoms with Crippen LogP contribution in [-0.2, 0) is 4.79 Å². The van der Waals surface area contributed by atoms with Gasteiger partial charge in [0.25, 0.3) is 0 Å². The number of rotatable bonds is 4. The third kappa shape index (κ3) is 2.95. The second-order valence-electron chi connectivity index (χ2n) is 4.86. The summed E-state index contributed by atoms with van der Waals surface area (Å²) in [6, 6.07) is 8.41. The highest BCUT2D eigenvalue weighted by atomic mass is 16.2. The average molecular weight is 259 g/mol. The predicted molar refractivity (Wildman–Crippen MR) is 78.5 cm³/mol. The molecular formula is C15H21N3O. The molecule has 1 aliphatic heterocycles. The molecule has 102 valence electrons. The van der Waals surface area contributed by atoms with E-state index < -0.39 is 0 Å². The molecular weight excluding hydrogens is 238 g/mol. The van der Waals surface area contributed by atoms with Crippen LogP contribution in [0, 0.1) is 5.92 Å². The number of nitrogens with one attached hydrogen (secondary N) is 1. The zero-order valence-electron chi connectivity index (χ0n) is 11.8. The van der Waals surface area contributed by atoms with Crippen molar-refractivity contribution in [1.82, 2.24) is 5.43 Å². The Morgan fingerprint density at radius 1 is 1.26 bits per heavy atom. The van der Waals surface area contributed by atoms with E-state index in [1.807, 2.05) is 6.92 Å². The molecule has 1 heterocycles. The highest BCUT2D eigenvalue weighted by Crippen LogP contribution is 2.20. The number of hydrogen-bond donors (Lipinski definition) is 1. The highest BCUT2D eigenvalue weighted by Gasteiger charge is 2.21. The molecule has 1 amide bonds. The maximum absolute atomic E-state index is 11.2. The lowest BCUT2D eigenvalue weighted by Gasteiger charge is -2.22. The van der Waals surface area contributed by atoms with Gasteiger partial charge >= 0.3 is 0 Å². The Balaban J connectivity index is 2.21. The molecule has 0 aromatic heterocycles. The minimum absolute atomic E-state index is 0.00369. The van der Waals surface area contributed by atoms with E-state index in [4.69, 9.17) is 0 Å². The van der Waals surface area contributed by atoms with Crippen molar-refractivity contribution in [3.05, 3.63) is 29.8 Å². The number of hydrogen-bond acceptors (Lipinski definition) is 3. The SMILES string of the molecule is CCN(CC)c1ccc(C2=NNC(=O)CC2C)cc1. The van der Waals surface area contributed by atoms with Gasteiger partial charge in [-0.15, -0.1) is 0 Å². The van der Waals surface area contributed by atoms with E-state index in [9.17, 15) is 4.79 Å². The van der Waals surface area contributed by atoms with Crippen molar-refractivity contribution < 1.29 is 4.79 Å². The van der Waals surface area contributed by atoms with Crippen molar-refractivity contribution in [2.45, 2.75) is 27.2 Å². The number of carbonyl (C=O) groups is 1. The maximum Gasteiger partial charge on any atom is 0.240 e. The van der Waals surface area contributed by atoms with Crippen molar-refractivity contribution in [3.63, 3.8) is 0 Å². The number of benzene rings is 1. The normalized spacial score (nSPS) is 18.8. The molecule has 4 heteroatoms. The van der Waals surface area contributed by atoms with Crippen LogP contribution in [0.15, 0.2) is 29.4 Å². The van der Waals surface area contributed by atoms with Gasteiger partial charge in [-0.05, 0) is 31.5 Å². The van der Waals surface area contributed by atoms with Gasteiger partial charge in [-0.1, -0.05) is 19.1 Å². The molecule has 1 N–H and O–H groups in total. The van der Waals surface area contributed by atoms with E-state index in [1.165, 1.54) is 5.69 Å². The largest absolute Gasteiger partial charge is 0.372 e. The smallest absolute Gasteiger partial charge is 0.240 e. The third-order valence-corrected chi connectivity index (χ3v) is 3.55. The van der Waals surface area contributed by atoms with Crippen LogP contribution in [0.2, 0.25) is 0 Å². The fourth-order valence-electron chi connectivity index (χ4n) is 2.43. The van der Waals surface area contributed by atoms with Gasteiger partial charge in [0, 0.05) is 31.1 Å². The molecule has 4 nitrogen and oxygen atoms in total. The summed E-state index contributed by atoms with van der Waals surface area (Å²) in [5, 5.41) is 4.18. The molecule has 19 heavy (non-hydrogen) atoms. The first kappa shape index (κ1) is 13.6. The summed E-state index contributed by atoms with van der Waals surface area (Å²) in [5.41, 5.74) is 5.83. The summed E-state index contributed by atoms with van der Waals surface area (Å²) in [5.74, 6) is 0.170. The first-order valence-electron chi connectivity index (χ1n) is 6.87. The molecule has 0 saturated heterocycles. The molecule has 1 atom stereocenters. The van der Waals surface area contributed by atoms with E-state index in [0.717, 1.165) is 24.4 Å². The number of amides is 1. The molecule has 0 saturated carbocycles. The Hall–Kier alpha value is -1.84. The van der Waals surface area contributed by atoms with Gasteiger partial charge < -0.3 is 4.90 Å². The van der Waals surface area contributed by atoms with Gasteiger partial charge in [0.05, 0.1) is 5.71 Å². The zero-order valence-corrected chi connectivity index (χ0v) is 11.8. The van der Waals surface area contributed by atoms with Crippen molar-refractivity contribution in [1.29, 1.82) is 0 Å². The van der Waals surface area contributed by atoms with Crippen LogP contribution in [0.4, 0.5) is 5.69 Å². The van der Waals surface area contributed by atoms with E-state index in [1.54, 1.807) is 0 Å². The van der Waals surface area contributed by atoms with Crippen molar-refractivity contribution in [3.8, 4) is 0 Å². The van der Waals surface area contributed by atoms with Crippen LogP contribution in [0.5, 0.6) is 0 Å². The van der Waals surface area contributed by atoms with Crippen LogP contribution >= 0.6 is 0 Å². The first-order chi connectivity index (χ1) is 9.15. The molecule has 0 fully saturated rings. The minimum atomic E-state index is -0.00369. The number of hydrazone groups is 1. The Kier molecular flexibility index (Phi) is 4.20. The Morgan fingerprint density at radius 3 is 2.42 bits per heavy atom. The van der Waals surface area contributed by atoms with E-state index in [0.29, 0.717) is 6.42 Å². The lowest BCUT2D eigenvalue weighted by Crippen LogP contribution is -2.32. The van der Waals surface area contributed by atoms with Gasteiger partial charge in [-0.3, -0.25) is 4.79 Å². The monoisotopic (exact) mass is 259 g/mol. The first-order valence-corrected chi connectivity index (χ1v) is 6.87. The molecule has 0 aliphatic carbocycles. The van der Waals surface area contributed by atoms with E-state index in [-0.39, 0.29) is 11.8 Å². The minimum Gasteiger partial charge on any atom is -0.372 e. The Morgan fingerprint density at radius 2 is 1.89 bits per heavy atom. The fourth-order valence-corrected chi connectivity index (χ4v) is 2.43. The van der Waals surface area contributed by atoms with Gasteiger partial charge in [0.15, 0.2) is 0 Å². The third-order valence-electron chi connectivity index (χ3n) is 3.55. The van der Waals surface area contributed by atoms with Crippen LogP contribution in [0.3, 0.4) is 0 Å². The topological polar surface area (TPSA) is 44.7 Å². The van der Waals surface area contributed by atoms with E-state index in [2.05, 4.69) is 53.5 Å². The molecule has 0 bridgehead atoms. The molecule has 2 rings (SSSR count). The molecule has 1 aromatic rings. The molecule has 1 unspecified atom stereocenters. The predicted octanol–water partition coefficient (Wildman–Crippen LogP) is 2.39. The summed E-state index contributed by atoms with van der Waals surface area (Å²) in [6.07, 6.45) is 0.511. The van der Waals surface area contributed by atoms with Crippen LogP contribution in [0.1, 0.15) is 32.8 Å². The van der Waals surface area contributed by atoms with Gasteiger partial charge in [-0.25, -0.2) is 5.43 Å². The number of carbonyl (C=O) groups excluding carboxylic acids is 1. The fraction of sp³-hybridized carbons (Fsp3) is 0.467. The lowest BCUT2D eigenvalue weighted by atomic mass is 9.94. The highest BCUT2D eigenvalue weighted by molar-refractivity contribution is 6.05. The summed E-state index contributed by atoms with van der Waals surface area (Å²) < 4.78 is 0. The van der Waals surface area contributed by atoms with Gasteiger partial charge in [-0.2, -0.15) is 5.10 Å². The number of nitrogens with zero attached hydrogens (tertiary/aromatic N) is 2. The van der Waals surface area contributed by atoms with Gasteiger partial charge in [0.1, 0.15) is 0 Å². The summed E-state index contributed by atoms with van der Waals surface area (Å²) in [6.45, 7) is 8.35. The lowest BCUT2D eigenvalue weighted by molar-refractivity contribution is -0.121. The Labute approximate surface area is 114 Å². The van der Waals surface area contributed by atoms with Gasteiger partial charge in [0.2, 0.25) is 5.91 Å². The van der Waals surface area contributed by atoms with Crippen LogP contribution in [0.25, 0.3) is 0 Å².